The Bertz CT molecular complexity index is 984. The number of nitrogens with one attached hydrogen (secondary N) is 1. The van der Waals surface area contributed by atoms with E-state index in [1.807, 2.05) is 65.6 Å². The van der Waals surface area contributed by atoms with Gasteiger partial charge in [0.25, 0.3) is 5.91 Å². The number of nitrogens with zero attached hydrogens (tertiary/aromatic N) is 2. The van der Waals surface area contributed by atoms with Crippen LogP contribution in [0.25, 0.3) is 0 Å². The lowest BCUT2D eigenvalue weighted by atomic mass is 9.84. The average molecular weight is 420 g/mol. The molecule has 0 unspecified atom stereocenters. The molecule has 0 bridgehead atoms. The monoisotopic (exact) mass is 419 g/mol. The number of amides is 2. The Hall–Kier alpha value is -2.99. The third kappa shape index (κ3) is 5.13. The molecule has 1 heterocycles. The fourth-order valence-corrected chi connectivity index (χ4v) is 4.24. The van der Waals surface area contributed by atoms with Gasteiger partial charge in [0.1, 0.15) is 10.7 Å². The van der Waals surface area contributed by atoms with E-state index in [2.05, 4.69) is 10.3 Å². The number of carbonyl (C=O) groups excluding carboxylic acids is 2. The molecule has 2 aromatic carbocycles. The van der Waals surface area contributed by atoms with Gasteiger partial charge in [-0.25, -0.2) is 4.98 Å². The van der Waals surface area contributed by atoms with Crippen LogP contribution in [0.2, 0.25) is 0 Å². The van der Waals surface area contributed by atoms with E-state index in [1.165, 1.54) is 11.3 Å². The summed E-state index contributed by atoms with van der Waals surface area (Å²) >= 11 is 1.43. The Kier molecular flexibility index (Phi) is 6.54. The molecule has 5 nitrogen and oxygen atoms in total. The van der Waals surface area contributed by atoms with Gasteiger partial charge < -0.3 is 10.2 Å². The van der Waals surface area contributed by atoms with Crippen LogP contribution in [-0.2, 0) is 24.4 Å². The van der Waals surface area contributed by atoms with E-state index in [1.54, 1.807) is 5.38 Å². The summed E-state index contributed by atoms with van der Waals surface area (Å²) in [6, 6.07) is 19.8. The molecule has 4 rings (SSSR count). The van der Waals surface area contributed by atoms with Crippen molar-refractivity contribution in [3.05, 3.63) is 87.9 Å². The standard InChI is InChI=1S/C24H25N3O2S/c28-23(25-14-18-8-3-1-4-9-18)21-17-30-22(26-21)16-27(24(29)20-12-7-13-20)15-19-10-5-2-6-11-19/h1-6,8-11,17,20H,7,12-16H2,(H,25,28). The van der Waals surface area contributed by atoms with Crippen LogP contribution in [0.3, 0.4) is 0 Å². The number of aromatic nitrogens is 1. The first-order valence-corrected chi connectivity index (χ1v) is 11.2. The normalized spacial score (nSPS) is 13.5. The lowest BCUT2D eigenvalue weighted by molar-refractivity contribution is -0.139. The van der Waals surface area contributed by atoms with Crippen LogP contribution < -0.4 is 5.32 Å². The first-order valence-electron chi connectivity index (χ1n) is 10.3. The molecule has 0 atom stereocenters. The molecule has 30 heavy (non-hydrogen) atoms. The fourth-order valence-electron chi connectivity index (χ4n) is 3.45. The van der Waals surface area contributed by atoms with Crippen LogP contribution in [0.1, 0.15) is 45.9 Å². The molecule has 1 aliphatic rings. The van der Waals surface area contributed by atoms with Gasteiger partial charge in [0, 0.05) is 24.4 Å². The number of rotatable bonds is 8. The van der Waals surface area contributed by atoms with Crippen molar-refractivity contribution in [2.75, 3.05) is 0 Å². The molecule has 3 aromatic rings. The van der Waals surface area contributed by atoms with Gasteiger partial charge in [-0.2, -0.15) is 0 Å². The van der Waals surface area contributed by atoms with E-state index in [9.17, 15) is 9.59 Å². The second-order valence-electron chi connectivity index (χ2n) is 7.60. The molecule has 1 N–H and O–H groups in total. The Labute approximate surface area is 180 Å². The van der Waals surface area contributed by atoms with E-state index >= 15 is 0 Å². The van der Waals surface area contributed by atoms with Gasteiger partial charge in [-0.1, -0.05) is 67.1 Å². The molecule has 154 valence electrons. The first kappa shape index (κ1) is 20.3. The molecule has 0 saturated heterocycles. The molecule has 1 aliphatic carbocycles. The third-order valence-corrected chi connectivity index (χ3v) is 6.22. The summed E-state index contributed by atoms with van der Waals surface area (Å²) in [4.78, 5) is 31.8. The Morgan fingerprint density at radius 2 is 1.63 bits per heavy atom. The van der Waals surface area contributed by atoms with Crippen molar-refractivity contribution in [3.63, 3.8) is 0 Å². The highest BCUT2D eigenvalue weighted by molar-refractivity contribution is 7.09. The zero-order valence-electron chi connectivity index (χ0n) is 16.8. The molecule has 0 spiro atoms. The van der Waals surface area contributed by atoms with Crippen molar-refractivity contribution in [1.82, 2.24) is 15.2 Å². The summed E-state index contributed by atoms with van der Waals surface area (Å²) in [6.07, 6.45) is 3.06. The summed E-state index contributed by atoms with van der Waals surface area (Å²) in [5, 5.41) is 5.45. The Balaban J connectivity index is 1.41. The van der Waals surface area contributed by atoms with Crippen LogP contribution in [0.5, 0.6) is 0 Å². The second kappa shape index (κ2) is 9.67. The number of hydrogen-bond donors (Lipinski definition) is 1. The van der Waals surface area contributed by atoms with Crippen molar-refractivity contribution < 1.29 is 9.59 Å². The van der Waals surface area contributed by atoms with Crippen LogP contribution in [0.15, 0.2) is 66.0 Å². The summed E-state index contributed by atoms with van der Waals surface area (Å²) < 4.78 is 0. The molecule has 6 heteroatoms. The highest BCUT2D eigenvalue weighted by Gasteiger charge is 2.30. The van der Waals surface area contributed by atoms with Gasteiger partial charge in [-0.3, -0.25) is 9.59 Å². The molecular weight excluding hydrogens is 394 g/mol. The molecule has 1 aromatic heterocycles. The van der Waals surface area contributed by atoms with Gasteiger partial charge in [0.05, 0.1) is 6.54 Å². The van der Waals surface area contributed by atoms with Crippen LogP contribution in [0, 0.1) is 5.92 Å². The van der Waals surface area contributed by atoms with Crippen molar-refractivity contribution in [3.8, 4) is 0 Å². The minimum atomic E-state index is -0.193. The van der Waals surface area contributed by atoms with Crippen LogP contribution >= 0.6 is 11.3 Å². The molecule has 1 saturated carbocycles. The van der Waals surface area contributed by atoms with Crippen molar-refractivity contribution >= 4 is 23.2 Å². The van der Waals surface area contributed by atoms with E-state index in [0.29, 0.717) is 25.3 Å². The lowest BCUT2D eigenvalue weighted by Crippen LogP contribution is -2.38. The summed E-state index contributed by atoms with van der Waals surface area (Å²) in [7, 11) is 0. The summed E-state index contributed by atoms with van der Waals surface area (Å²) in [6.45, 7) is 1.46. The smallest absolute Gasteiger partial charge is 0.271 e. The molecule has 1 fully saturated rings. The van der Waals surface area contributed by atoms with E-state index in [0.717, 1.165) is 35.4 Å². The minimum absolute atomic E-state index is 0.127. The number of hydrogen-bond acceptors (Lipinski definition) is 4. The van der Waals surface area contributed by atoms with Gasteiger partial charge in [-0.15, -0.1) is 11.3 Å². The van der Waals surface area contributed by atoms with Gasteiger partial charge in [-0.05, 0) is 24.0 Å². The molecular formula is C24H25N3O2S. The highest BCUT2D eigenvalue weighted by Crippen LogP contribution is 2.29. The largest absolute Gasteiger partial charge is 0.347 e. The van der Waals surface area contributed by atoms with Crippen molar-refractivity contribution in [1.29, 1.82) is 0 Å². The Morgan fingerprint density at radius 3 is 2.27 bits per heavy atom. The van der Waals surface area contributed by atoms with E-state index in [4.69, 9.17) is 0 Å². The number of thiazole rings is 1. The highest BCUT2D eigenvalue weighted by atomic mass is 32.1. The summed E-state index contributed by atoms with van der Waals surface area (Å²) in [5.74, 6) is 0.124. The molecule has 0 radical (unpaired) electrons. The quantitative estimate of drug-likeness (QED) is 0.589. The van der Waals surface area contributed by atoms with E-state index in [-0.39, 0.29) is 17.7 Å². The van der Waals surface area contributed by atoms with Crippen LogP contribution in [-0.4, -0.2) is 21.7 Å². The van der Waals surface area contributed by atoms with Crippen molar-refractivity contribution in [2.24, 2.45) is 5.92 Å². The average Bonchev–Trinajstić information content (AvgIpc) is 3.20. The molecule has 2 amide bonds. The third-order valence-electron chi connectivity index (χ3n) is 5.39. The SMILES string of the molecule is O=C(NCc1ccccc1)c1csc(CN(Cc2ccccc2)C(=O)C2CCC2)n1. The van der Waals surface area contributed by atoms with E-state index < -0.39 is 0 Å². The predicted molar refractivity (Wildman–Crippen MR) is 118 cm³/mol. The first-order chi connectivity index (χ1) is 14.7. The maximum absolute atomic E-state index is 13.0. The lowest BCUT2D eigenvalue weighted by Gasteiger charge is -2.31. The van der Waals surface area contributed by atoms with Gasteiger partial charge in [0.15, 0.2) is 0 Å². The fraction of sp³-hybridized carbons (Fsp3) is 0.292. The number of benzene rings is 2. The maximum Gasteiger partial charge on any atom is 0.271 e. The van der Waals surface area contributed by atoms with Gasteiger partial charge in [0.2, 0.25) is 5.91 Å². The zero-order valence-corrected chi connectivity index (χ0v) is 17.6. The minimum Gasteiger partial charge on any atom is -0.347 e. The topological polar surface area (TPSA) is 62.3 Å². The van der Waals surface area contributed by atoms with Gasteiger partial charge >= 0.3 is 0 Å². The zero-order chi connectivity index (χ0) is 20.8. The summed E-state index contributed by atoms with van der Waals surface area (Å²) in [5.41, 5.74) is 2.55. The van der Waals surface area contributed by atoms with Crippen LogP contribution in [0.4, 0.5) is 0 Å². The second-order valence-corrected chi connectivity index (χ2v) is 8.55. The maximum atomic E-state index is 13.0. The number of carbonyl (C=O) groups is 2. The predicted octanol–water partition coefficient (Wildman–Crippen LogP) is 4.40. The Morgan fingerprint density at radius 1 is 0.967 bits per heavy atom. The molecule has 0 aliphatic heterocycles. The van der Waals surface area contributed by atoms with Crippen molar-refractivity contribution in [2.45, 2.75) is 38.9 Å².